The van der Waals surface area contributed by atoms with Gasteiger partial charge in [-0.1, -0.05) is 12.5 Å². The van der Waals surface area contributed by atoms with Crippen LogP contribution in [-0.4, -0.2) is 38.7 Å². The number of carbonyl (C=O) groups excluding carboxylic acids is 1. The van der Waals surface area contributed by atoms with Gasteiger partial charge in [0.05, 0.1) is 11.7 Å². The summed E-state index contributed by atoms with van der Waals surface area (Å²) in [6, 6.07) is 5.62. The van der Waals surface area contributed by atoms with Crippen molar-refractivity contribution in [2.75, 3.05) is 11.9 Å². The summed E-state index contributed by atoms with van der Waals surface area (Å²) in [7, 11) is 0. The minimum atomic E-state index is -0.100. The SMILES string of the molecule is Cc1ccc(NC(=O)[C@@H]2CCCCN2)cc1-n1cnnn1.Cl. The molecule has 22 heavy (non-hydrogen) atoms. The van der Waals surface area contributed by atoms with Crippen LogP contribution >= 0.6 is 12.4 Å². The third kappa shape index (κ3) is 3.61. The van der Waals surface area contributed by atoms with Crippen molar-refractivity contribution in [2.45, 2.75) is 32.2 Å². The highest BCUT2D eigenvalue weighted by atomic mass is 35.5. The highest BCUT2D eigenvalue weighted by Crippen LogP contribution is 2.19. The van der Waals surface area contributed by atoms with Gasteiger partial charge in [-0.2, -0.15) is 0 Å². The van der Waals surface area contributed by atoms with Crippen molar-refractivity contribution in [3.8, 4) is 5.69 Å². The van der Waals surface area contributed by atoms with E-state index >= 15 is 0 Å². The number of carbonyl (C=O) groups is 1. The van der Waals surface area contributed by atoms with Crippen LogP contribution in [0.3, 0.4) is 0 Å². The number of anilines is 1. The molecule has 118 valence electrons. The summed E-state index contributed by atoms with van der Waals surface area (Å²) in [6.07, 6.45) is 4.65. The zero-order chi connectivity index (χ0) is 14.7. The van der Waals surface area contributed by atoms with E-state index in [9.17, 15) is 4.79 Å². The molecule has 1 fully saturated rings. The van der Waals surface area contributed by atoms with Gasteiger partial charge in [0.2, 0.25) is 5.91 Å². The molecule has 1 atom stereocenters. The Morgan fingerprint density at radius 2 is 2.27 bits per heavy atom. The normalized spacial score (nSPS) is 17.6. The lowest BCUT2D eigenvalue weighted by atomic mass is 10.0. The first-order valence-corrected chi connectivity index (χ1v) is 7.12. The van der Waals surface area contributed by atoms with Crippen molar-refractivity contribution >= 4 is 24.0 Å². The highest BCUT2D eigenvalue weighted by molar-refractivity contribution is 5.95. The van der Waals surface area contributed by atoms with Gasteiger partial charge in [0.1, 0.15) is 6.33 Å². The smallest absolute Gasteiger partial charge is 0.241 e. The lowest BCUT2D eigenvalue weighted by Crippen LogP contribution is -2.43. The Balaban J connectivity index is 0.00000176. The van der Waals surface area contributed by atoms with Gasteiger partial charge in [0.15, 0.2) is 0 Å². The molecule has 7 nitrogen and oxygen atoms in total. The molecule has 1 aromatic carbocycles. The van der Waals surface area contributed by atoms with Gasteiger partial charge >= 0.3 is 0 Å². The standard InChI is InChI=1S/C14H18N6O.ClH/c1-10-5-6-11(8-13(10)20-9-16-18-19-20)17-14(21)12-4-2-3-7-15-12;/h5-6,8-9,12,15H,2-4,7H2,1H3,(H,17,21);1H/t12-;/m0./s1. The van der Waals surface area contributed by atoms with E-state index in [1.807, 2.05) is 25.1 Å². The predicted octanol–water partition coefficient (Wildman–Crippen LogP) is 1.47. The van der Waals surface area contributed by atoms with Crippen molar-refractivity contribution in [3.63, 3.8) is 0 Å². The molecule has 0 spiro atoms. The molecular formula is C14H19ClN6O. The molecule has 1 aromatic heterocycles. The first kappa shape index (κ1) is 16.4. The first-order valence-electron chi connectivity index (χ1n) is 7.12. The van der Waals surface area contributed by atoms with E-state index in [4.69, 9.17) is 0 Å². The molecule has 0 radical (unpaired) electrons. The Morgan fingerprint density at radius 3 is 2.95 bits per heavy atom. The molecular weight excluding hydrogens is 304 g/mol. The Hall–Kier alpha value is -1.99. The molecule has 3 rings (SSSR count). The number of tetrazole rings is 1. The second kappa shape index (κ2) is 7.33. The van der Waals surface area contributed by atoms with Gasteiger partial charge < -0.3 is 10.6 Å². The number of nitrogens with zero attached hydrogens (tertiary/aromatic N) is 4. The molecule has 8 heteroatoms. The van der Waals surface area contributed by atoms with Gasteiger partial charge in [0, 0.05) is 5.69 Å². The van der Waals surface area contributed by atoms with Crippen LogP contribution in [0.1, 0.15) is 24.8 Å². The van der Waals surface area contributed by atoms with Crippen molar-refractivity contribution in [2.24, 2.45) is 0 Å². The van der Waals surface area contributed by atoms with Crippen LogP contribution in [0.2, 0.25) is 0 Å². The van der Waals surface area contributed by atoms with E-state index in [1.165, 1.54) is 6.33 Å². The van der Waals surface area contributed by atoms with Crippen LogP contribution in [0.15, 0.2) is 24.5 Å². The van der Waals surface area contributed by atoms with E-state index in [1.54, 1.807) is 4.68 Å². The van der Waals surface area contributed by atoms with E-state index < -0.39 is 0 Å². The number of aryl methyl sites for hydroxylation is 1. The Kier molecular flexibility index (Phi) is 5.46. The zero-order valence-electron chi connectivity index (χ0n) is 12.3. The number of nitrogens with one attached hydrogen (secondary N) is 2. The van der Waals surface area contributed by atoms with Crippen LogP contribution in [0.5, 0.6) is 0 Å². The summed E-state index contributed by atoms with van der Waals surface area (Å²) < 4.78 is 1.59. The number of aromatic nitrogens is 4. The fourth-order valence-corrected chi connectivity index (χ4v) is 2.51. The second-order valence-electron chi connectivity index (χ2n) is 5.25. The van der Waals surface area contributed by atoms with Crippen molar-refractivity contribution < 1.29 is 4.79 Å². The van der Waals surface area contributed by atoms with Crippen LogP contribution in [0.4, 0.5) is 5.69 Å². The molecule has 0 saturated carbocycles. The molecule has 2 aromatic rings. The molecule has 2 heterocycles. The number of rotatable bonds is 3. The number of benzene rings is 1. The van der Waals surface area contributed by atoms with Gasteiger partial charge in [0.25, 0.3) is 0 Å². The van der Waals surface area contributed by atoms with Crippen LogP contribution < -0.4 is 10.6 Å². The molecule has 0 unspecified atom stereocenters. The summed E-state index contributed by atoms with van der Waals surface area (Å²) in [6.45, 7) is 2.88. The largest absolute Gasteiger partial charge is 0.325 e. The predicted molar refractivity (Wildman–Crippen MR) is 85.4 cm³/mol. The summed E-state index contributed by atoms with van der Waals surface area (Å²) in [5.74, 6) is 0.0150. The fourth-order valence-electron chi connectivity index (χ4n) is 2.51. The van der Waals surface area contributed by atoms with E-state index in [0.29, 0.717) is 0 Å². The monoisotopic (exact) mass is 322 g/mol. The summed E-state index contributed by atoms with van der Waals surface area (Å²) in [5.41, 5.74) is 2.65. The zero-order valence-corrected chi connectivity index (χ0v) is 13.1. The number of hydrogen-bond acceptors (Lipinski definition) is 5. The third-order valence-corrected chi connectivity index (χ3v) is 3.70. The van der Waals surface area contributed by atoms with E-state index in [2.05, 4.69) is 26.2 Å². The van der Waals surface area contributed by atoms with Crippen LogP contribution in [0.25, 0.3) is 5.69 Å². The average Bonchev–Trinajstić information content (AvgIpc) is 3.04. The van der Waals surface area contributed by atoms with Gasteiger partial charge in [-0.05, 0) is 54.4 Å². The molecule has 1 aliphatic heterocycles. The number of hydrogen-bond donors (Lipinski definition) is 2. The number of halogens is 1. The molecule has 1 aliphatic rings. The first-order chi connectivity index (χ1) is 10.2. The molecule has 0 bridgehead atoms. The van der Waals surface area contributed by atoms with Gasteiger partial charge in [-0.25, -0.2) is 4.68 Å². The fraction of sp³-hybridized carbons (Fsp3) is 0.429. The Labute approximate surface area is 134 Å². The molecule has 1 saturated heterocycles. The highest BCUT2D eigenvalue weighted by Gasteiger charge is 2.20. The third-order valence-electron chi connectivity index (χ3n) is 3.70. The number of amides is 1. The second-order valence-corrected chi connectivity index (χ2v) is 5.25. The Bertz CT molecular complexity index is 624. The average molecular weight is 323 g/mol. The summed E-state index contributed by atoms with van der Waals surface area (Å²) in [5, 5.41) is 17.4. The number of piperidine rings is 1. The van der Waals surface area contributed by atoms with Crippen molar-refractivity contribution in [3.05, 3.63) is 30.1 Å². The molecule has 2 N–H and O–H groups in total. The molecule has 1 amide bonds. The van der Waals surface area contributed by atoms with Crippen molar-refractivity contribution in [1.29, 1.82) is 0 Å². The quantitative estimate of drug-likeness (QED) is 0.894. The topological polar surface area (TPSA) is 84.7 Å². The van der Waals surface area contributed by atoms with E-state index in [-0.39, 0.29) is 24.4 Å². The minimum Gasteiger partial charge on any atom is -0.325 e. The lowest BCUT2D eigenvalue weighted by molar-refractivity contribution is -0.118. The lowest BCUT2D eigenvalue weighted by Gasteiger charge is -2.22. The maximum Gasteiger partial charge on any atom is 0.241 e. The maximum atomic E-state index is 12.2. The minimum absolute atomic E-state index is 0. The van der Waals surface area contributed by atoms with Crippen LogP contribution in [-0.2, 0) is 4.79 Å². The van der Waals surface area contributed by atoms with E-state index in [0.717, 1.165) is 42.7 Å². The molecule has 0 aliphatic carbocycles. The van der Waals surface area contributed by atoms with Gasteiger partial charge in [-0.3, -0.25) is 4.79 Å². The maximum absolute atomic E-state index is 12.2. The summed E-state index contributed by atoms with van der Waals surface area (Å²) in [4.78, 5) is 12.2. The Morgan fingerprint density at radius 1 is 1.41 bits per heavy atom. The van der Waals surface area contributed by atoms with Crippen molar-refractivity contribution in [1.82, 2.24) is 25.5 Å². The van der Waals surface area contributed by atoms with Crippen LogP contribution in [0, 0.1) is 6.92 Å². The van der Waals surface area contributed by atoms with Gasteiger partial charge in [-0.15, -0.1) is 17.5 Å². The summed E-state index contributed by atoms with van der Waals surface area (Å²) >= 11 is 0.